The Morgan fingerprint density at radius 3 is 2.44 bits per heavy atom. The van der Waals surface area contributed by atoms with Gasteiger partial charge in [0.05, 0.1) is 5.92 Å². The first-order valence-electron chi connectivity index (χ1n) is 9.41. The van der Waals surface area contributed by atoms with E-state index in [9.17, 15) is 9.59 Å². The van der Waals surface area contributed by atoms with Crippen molar-refractivity contribution in [2.24, 2.45) is 13.0 Å². The summed E-state index contributed by atoms with van der Waals surface area (Å²) in [6.07, 6.45) is 4.01. The van der Waals surface area contributed by atoms with Crippen molar-refractivity contribution in [3.63, 3.8) is 0 Å². The Hall–Kier alpha value is -2.83. The van der Waals surface area contributed by atoms with Gasteiger partial charge in [-0.1, -0.05) is 17.7 Å². The van der Waals surface area contributed by atoms with Gasteiger partial charge < -0.3 is 19.3 Å². The average Bonchev–Trinajstić information content (AvgIpc) is 3.28. The maximum absolute atomic E-state index is 12.9. The Morgan fingerprint density at radius 2 is 1.81 bits per heavy atom. The lowest BCUT2D eigenvalue weighted by molar-refractivity contribution is -0.136. The number of aromatic nitrogens is 2. The topological polar surface area (TPSA) is 61.7 Å². The first kappa shape index (κ1) is 17.6. The molecule has 2 aliphatic rings. The zero-order valence-electron chi connectivity index (χ0n) is 15.8. The molecule has 142 valence electrons. The second kappa shape index (κ2) is 7.06. The van der Waals surface area contributed by atoms with Gasteiger partial charge in [-0.05, 0) is 19.1 Å². The van der Waals surface area contributed by atoms with E-state index in [0.29, 0.717) is 26.1 Å². The molecule has 0 saturated carbocycles. The molecule has 7 heteroatoms. The average molecular weight is 367 g/mol. The molecule has 3 heterocycles. The quantitative estimate of drug-likeness (QED) is 0.823. The highest BCUT2D eigenvalue weighted by Crippen LogP contribution is 2.27. The van der Waals surface area contributed by atoms with Crippen LogP contribution >= 0.6 is 0 Å². The lowest BCUT2D eigenvalue weighted by atomic mass is 10.1. The van der Waals surface area contributed by atoms with Crippen LogP contribution in [0.1, 0.15) is 12.0 Å². The van der Waals surface area contributed by atoms with E-state index >= 15 is 0 Å². The molecule has 2 saturated heterocycles. The van der Waals surface area contributed by atoms with Crippen molar-refractivity contribution in [1.29, 1.82) is 0 Å². The van der Waals surface area contributed by atoms with Gasteiger partial charge in [-0.3, -0.25) is 9.59 Å². The number of amides is 2. The van der Waals surface area contributed by atoms with Crippen LogP contribution in [0, 0.1) is 12.8 Å². The largest absolute Gasteiger partial charge is 0.339 e. The molecule has 1 atom stereocenters. The fraction of sp³-hybridized carbons (Fsp3) is 0.450. The molecule has 0 bridgehead atoms. The Balaban J connectivity index is 1.37. The molecule has 7 nitrogen and oxygen atoms in total. The lowest BCUT2D eigenvalue weighted by Crippen LogP contribution is -2.51. The number of anilines is 2. The van der Waals surface area contributed by atoms with Gasteiger partial charge in [0.2, 0.25) is 17.8 Å². The second-order valence-electron chi connectivity index (χ2n) is 7.39. The summed E-state index contributed by atoms with van der Waals surface area (Å²) in [4.78, 5) is 35.6. The fourth-order valence-electron chi connectivity index (χ4n) is 3.89. The number of benzene rings is 1. The highest BCUT2D eigenvalue weighted by atomic mass is 16.2. The van der Waals surface area contributed by atoms with Gasteiger partial charge in [0.15, 0.2) is 0 Å². The van der Waals surface area contributed by atoms with Crippen LogP contribution < -0.4 is 9.80 Å². The highest BCUT2D eigenvalue weighted by Gasteiger charge is 2.38. The van der Waals surface area contributed by atoms with Crippen molar-refractivity contribution in [1.82, 2.24) is 14.5 Å². The van der Waals surface area contributed by atoms with Gasteiger partial charge >= 0.3 is 0 Å². The van der Waals surface area contributed by atoms with E-state index in [1.54, 1.807) is 11.1 Å². The summed E-state index contributed by atoms with van der Waals surface area (Å²) in [6, 6.07) is 7.89. The predicted octanol–water partition coefficient (Wildman–Crippen LogP) is 1.43. The molecule has 0 radical (unpaired) electrons. The molecular weight excluding hydrogens is 342 g/mol. The van der Waals surface area contributed by atoms with E-state index < -0.39 is 0 Å². The van der Waals surface area contributed by atoms with E-state index in [1.807, 2.05) is 53.9 Å². The molecule has 2 aliphatic heterocycles. The van der Waals surface area contributed by atoms with Crippen LogP contribution in [0.3, 0.4) is 0 Å². The van der Waals surface area contributed by atoms with Crippen LogP contribution in [0.25, 0.3) is 0 Å². The standard InChI is InChI=1S/C20H25N5O2/c1-15-3-5-17(6-4-15)25-14-16(13-18(25)26)19(27)23-9-11-24(12-10-23)20-21-7-8-22(20)2/h3-8,16H,9-14H2,1-2H3. The summed E-state index contributed by atoms with van der Waals surface area (Å²) < 4.78 is 1.99. The SMILES string of the molecule is Cc1ccc(N2CC(C(=O)N3CCN(c4nccn4C)CC3)CC2=O)cc1. The first-order chi connectivity index (χ1) is 13.0. The molecular formula is C20H25N5O2. The van der Waals surface area contributed by atoms with Crippen LogP contribution in [0.4, 0.5) is 11.6 Å². The van der Waals surface area contributed by atoms with Gasteiger partial charge in [-0.2, -0.15) is 0 Å². The molecule has 4 rings (SSSR count). The van der Waals surface area contributed by atoms with Crippen LogP contribution in [0.15, 0.2) is 36.7 Å². The van der Waals surface area contributed by atoms with E-state index in [2.05, 4.69) is 9.88 Å². The molecule has 2 fully saturated rings. The van der Waals surface area contributed by atoms with E-state index in [1.165, 1.54) is 0 Å². The van der Waals surface area contributed by atoms with Crippen molar-refractivity contribution < 1.29 is 9.59 Å². The smallest absolute Gasteiger partial charge is 0.228 e. The minimum atomic E-state index is -0.251. The molecule has 0 aliphatic carbocycles. The Morgan fingerprint density at radius 1 is 1.11 bits per heavy atom. The van der Waals surface area contributed by atoms with Crippen molar-refractivity contribution in [3.05, 3.63) is 42.2 Å². The second-order valence-corrected chi connectivity index (χ2v) is 7.39. The Kier molecular flexibility index (Phi) is 4.59. The number of rotatable bonds is 3. The van der Waals surface area contributed by atoms with Crippen molar-refractivity contribution >= 4 is 23.5 Å². The molecule has 2 aromatic rings. The van der Waals surface area contributed by atoms with Crippen LogP contribution in [0.5, 0.6) is 0 Å². The Labute approximate surface area is 159 Å². The zero-order valence-corrected chi connectivity index (χ0v) is 15.8. The maximum Gasteiger partial charge on any atom is 0.228 e. The number of nitrogens with zero attached hydrogens (tertiary/aromatic N) is 5. The summed E-state index contributed by atoms with van der Waals surface area (Å²) in [6.45, 7) is 5.35. The first-order valence-corrected chi connectivity index (χ1v) is 9.41. The van der Waals surface area contributed by atoms with Gasteiger partial charge in [0, 0.05) is 64.3 Å². The number of carbonyl (C=O) groups is 2. The van der Waals surface area contributed by atoms with Gasteiger partial charge in [0.25, 0.3) is 0 Å². The number of imidazole rings is 1. The number of carbonyl (C=O) groups excluding carboxylic acids is 2. The summed E-state index contributed by atoms with van der Waals surface area (Å²) in [7, 11) is 1.98. The predicted molar refractivity (Wildman–Crippen MR) is 104 cm³/mol. The van der Waals surface area contributed by atoms with E-state index in [4.69, 9.17) is 0 Å². The maximum atomic E-state index is 12.9. The Bertz CT molecular complexity index is 836. The minimum Gasteiger partial charge on any atom is -0.339 e. The third-order valence-electron chi connectivity index (χ3n) is 5.49. The molecule has 27 heavy (non-hydrogen) atoms. The molecule has 1 unspecified atom stereocenters. The van der Waals surface area contributed by atoms with Crippen molar-refractivity contribution in [3.8, 4) is 0 Å². The van der Waals surface area contributed by atoms with E-state index in [0.717, 1.165) is 30.3 Å². The number of hydrogen-bond donors (Lipinski definition) is 0. The molecule has 1 aromatic heterocycles. The number of piperazine rings is 1. The third kappa shape index (κ3) is 3.41. The number of hydrogen-bond acceptors (Lipinski definition) is 4. The summed E-state index contributed by atoms with van der Waals surface area (Å²) >= 11 is 0. The van der Waals surface area contributed by atoms with Crippen LogP contribution in [-0.2, 0) is 16.6 Å². The van der Waals surface area contributed by atoms with E-state index in [-0.39, 0.29) is 17.7 Å². The molecule has 0 N–H and O–H groups in total. The zero-order chi connectivity index (χ0) is 19.0. The van der Waals surface area contributed by atoms with Crippen molar-refractivity contribution in [2.75, 3.05) is 42.5 Å². The summed E-state index contributed by atoms with van der Waals surface area (Å²) in [5.41, 5.74) is 2.03. The normalized spacial score (nSPS) is 20.4. The van der Waals surface area contributed by atoms with Crippen LogP contribution in [-0.4, -0.2) is 59.0 Å². The summed E-state index contributed by atoms with van der Waals surface area (Å²) in [5.74, 6) is 0.809. The van der Waals surface area contributed by atoms with Gasteiger partial charge in [0.1, 0.15) is 0 Å². The molecule has 2 amide bonds. The monoisotopic (exact) mass is 367 g/mol. The van der Waals surface area contributed by atoms with Crippen molar-refractivity contribution in [2.45, 2.75) is 13.3 Å². The van der Waals surface area contributed by atoms with Gasteiger partial charge in [-0.25, -0.2) is 4.98 Å². The minimum absolute atomic E-state index is 0.0313. The molecule has 1 aromatic carbocycles. The van der Waals surface area contributed by atoms with Gasteiger partial charge in [-0.15, -0.1) is 0 Å². The lowest BCUT2D eigenvalue weighted by Gasteiger charge is -2.36. The number of aryl methyl sites for hydroxylation is 2. The third-order valence-corrected chi connectivity index (χ3v) is 5.49. The molecule has 0 spiro atoms. The van der Waals surface area contributed by atoms with Crippen LogP contribution in [0.2, 0.25) is 0 Å². The highest BCUT2D eigenvalue weighted by molar-refractivity contribution is 6.00. The summed E-state index contributed by atoms with van der Waals surface area (Å²) in [5, 5.41) is 0. The fourth-order valence-corrected chi connectivity index (χ4v) is 3.89.